The Morgan fingerprint density at radius 3 is 1.88 bits per heavy atom. The molecule has 4 unspecified atom stereocenters. The lowest BCUT2D eigenvalue weighted by Crippen LogP contribution is -2.45. The van der Waals surface area contributed by atoms with Crippen molar-refractivity contribution in [1.29, 1.82) is 0 Å². The number of rotatable bonds is 8. The molecule has 2 aromatic heterocycles. The minimum atomic E-state index is -1.68. The minimum Gasteiger partial charge on any atom is -0.480 e. The zero-order valence-electron chi connectivity index (χ0n) is 22.7. The predicted octanol–water partition coefficient (Wildman–Crippen LogP) is 4.21. The summed E-state index contributed by atoms with van der Waals surface area (Å²) in [4.78, 5) is 26.0. The summed E-state index contributed by atoms with van der Waals surface area (Å²) in [5.74, 6) is 1.06. The molecule has 42 heavy (non-hydrogen) atoms. The molecule has 3 N–H and O–H groups in total. The normalized spacial score (nSPS) is 19.9. The molecule has 0 aliphatic heterocycles. The van der Waals surface area contributed by atoms with E-state index >= 15 is 0 Å². The SMILES string of the molecule is O=c1cc(CCc2ccccc2)oc2c1C(O)C(O)C(O)C2Oc1ccc2oc(CCc3ccccc3)cc(=O)c2c1. The summed E-state index contributed by atoms with van der Waals surface area (Å²) < 4.78 is 18.1. The van der Waals surface area contributed by atoms with Gasteiger partial charge >= 0.3 is 0 Å². The van der Waals surface area contributed by atoms with Crippen LogP contribution >= 0.6 is 0 Å². The summed E-state index contributed by atoms with van der Waals surface area (Å²) in [6.07, 6.45) is -3.95. The van der Waals surface area contributed by atoms with Crippen LogP contribution in [0.25, 0.3) is 11.0 Å². The van der Waals surface area contributed by atoms with Gasteiger partial charge in [-0.1, -0.05) is 60.7 Å². The van der Waals surface area contributed by atoms with Crippen LogP contribution in [-0.4, -0.2) is 27.5 Å². The molecule has 0 amide bonds. The van der Waals surface area contributed by atoms with Crippen LogP contribution in [-0.2, 0) is 25.7 Å². The minimum absolute atomic E-state index is 0.0562. The Labute approximate surface area is 241 Å². The fourth-order valence-corrected chi connectivity index (χ4v) is 5.36. The molecular formula is C34H30O8. The molecule has 1 aliphatic carbocycles. The van der Waals surface area contributed by atoms with E-state index in [0.717, 1.165) is 17.5 Å². The van der Waals surface area contributed by atoms with Crippen LogP contribution in [0.1, 0.15) is 46.2 Å². The van der Waals surface area contributed by atoms with Crippen molar-refractivity contribution in [3.8, 4) is 5.75 Å². The number of aliphatic hydroxyl groups excluding tert-OH is 3. The molecule has 0 fully saturated rings. The van der Waals surface area contributed by atoms with Gasteiger partial charge in [0.2, 0.25) is 0 Å². The third-order valence-corrected chi connectivity index (χ3v) is 7.62. The lowest BCUT2D eigenvalue weighted by molar-refractivity contribution is -0.121. The molecular weight excluding hydrogens is 536 g/mol. The average molecular weight is 567 g/mol. The molecule has 1 aliphatic rings. The molecule has 0 radical (unpaired) electrons. The van der Waals surface area contributed by atoms with Gasteiger partial charge in [-0.15, -0.1) is 0 Å². The van der Waals surface area contributed by atoms with Gasteiger partial charge in [0.1, 0.15) is 41.2 Å². The molecule has 0 bridgehead atoms. The van der Waals surface area contributed by atoms with E-state index < -0.39 is 29.8 Å². The highest BCUT2D eigenvalue weighted by atomic mass is 16.5. The maximum atomic E-state index is 13.0. The molecule has 3 aromatic carbocycles. The van der Waals surface area contributed by atoms with Crippen LogP contribution in [0, 0.1) is 0 Å². The zero-order valence-corrected chi connectivity index (χ0v) is 22.7. The first-order chi connectivity index (χ1) is 20.4. The second-order valence-corrected chi connectivity index (χ2v) is 10.5. The average Bonchev–Trinajstić information content (AvgIpc) is 3.01. The van der Waals surface area contributed by atoms with Gasteiger partial charge in [-0.2, -0.15) is 0 Å². The topological polar surface area (TPSA) is 130 Å². The third-order valence-electron chi connectivity index (χ3n) is 7.62. The quantitative estimate of drug-likeness (QED) is 0.255. The van der Waals surface area contributed by atoms with Crippen molar-refractivity contribution in [2.24, 2.45) is 0 Å². The molecule has 2 heterocycles. The molecule has 6 rings (SSSR count). The summed E-state index contributed by atoms with van der Waals surface area (Å²) in [5.41, 5.74) is 1.64. The van der Waals surface area contributed by atoms with Crippen molar-refractivity contribution < 1.29 is 28.9 Å². The molecule has 8 heteroatoms. The number of aryl methyl sites for hydroxylation is 4. The summed E-state index contributed by atoms with van der Waals surface area (Å²) >= 11 is 0. The van der Waals surface area contributed by atoms with E-state index in [2.05, 4.69) is 0 Å². The first-order valence-electron chi connectivity index (χ1n) is 13.9. The van der Waals surface area contributed by atoms with Gasteiger partial charge in [0.05, 0.1) is 10.9 Å². The van der Waals surface area contributed by atoms with Crippen LogP contribution in [0.3, 0.4) is 0 Å². The monoisotopic (exact) mass is 566 g/mol. The summed E-state index contributed by atoms with van der Waals surface area (Å²) in [7, 11) is 0. The second-order valence-electron chi connectivity index (χ2n) is 10.5. The Morgan fingerprint density at radius 2 is 1.24 bits per heavy atom. The molecule has 5 aromatic rings. The lowest BCUT2D eigenvalue weighted by Gasteiger charge is -2.35. The van der Waals surface area contributed by atoms with Crippen LogP contribution in [0.4, 0.5) is 0 Å². The number of aliphatic hydroxyl groups is 3. The molecule has 0 saturated carbocycles. The number of ether oxygens (including phenoxy) is 1. The van der Waals surface area contributed by atoms with E-state index in [4.69, 9.17) is 13.6 Å². The zero-order chi connectivity index (χ0) is 29.2. The maximum absolute atomic E-state index is 13.0. The van der Waals surface area contributed by atoms with Crippen molar-refractivity contribution in [2.45, 2.75) is 50.1 Å². The summed E-state index contributed by atoms with van der Waals surface area (Å²) in [6, 6.07) is 27.0. The highest BCUT2D eigenvalue weighted by molar-refractivity contribution is 5.78. The molecule has 214 valence electrons. The predicted molar refractivity (Wildman–Crippen MR) is 156 cm³/mol. The van der Waals surface area contributed by atoms with Gasteiger partial charge in [0.15, 0.2) is 22.7 Å². The largest absolute Gasteiger partial charge is 0.480 e. The van der Waals surface area contributed by atoms with Crippen molar-refractivity contribution in [3.05, 3.63) is 145 Å². The van der Waals surface area contributed by atoms with Gasteiger partial charge in [-0.3, -0.25) is 9.59 Å². The van der Waals surface area contributed by atoms with E-state index in [1.54, 1.807) is 12.1 Å². The Balaban J connectivity index is 1.28. The van der Waals surface area contributed by atoms with E-state index in [1.165, 1.54) is 18.2 Å². The Kier molecular flexibility index (Phi) is 7.75. The molecule has 0 saturated heterocycles. The highest BCUT2D eigenvalue weighted by Crippen LogP contribution is 2.39. The van der Waals surface area contributed by atoms with Crippen molar-refractivity contribution in [1.82, 2.24) is 0 Å². The highest BCUT2D eigenvalue weighted by Gasteiger charge is 2.45. The first kappa shape index (κ1) is 27.7. The maximum Gasteiger partial charge on any atom is 0.193 e. The van der Waals surface area contributed by atoms with E-state index in [9.17, 15) is 24.9 Å². The van der Waals surface area contributed by atoms with E-state index in [-0.39, 0.29) is 27.9 Å². The van der Waals surface area contributed by atoms with Crippen LogP contribution in [0.5, 0.6) is 5.75 Å². The van der Waals surface area contributed by atoms with E-state index in [1.807, 2.05) is 60.7 Å². The number of hydrogen-bond acceptors (Lipinski definition) is 8. The van der Waals surface area contributed by atoms with Gasteiger partial charge in [0, 0.05) is 25.0 Å². The molecule has 4 atom stereocenters. The van der Waals surface area contributed by atoms with Crippen LogP contribution in [0.2, 0.25) is 0 Å². The number of hydrogen-bond donors (Lipinski definition) is 3. The van der Waals surface area contributed by atoms with Gasteiger partial charge in [-0.05, 0) is 42.2 Å². The second kappa shape index (κ2) is 11.8. The first-order valence-corrected chi connectivity index (χ1v) is 13.9. The number of fused-ring (bicyclic) bond motifs is 2. The van der Waals surface area contributed by atoms with Crippen molar-refractivity contribution in [2.75, 3.05) is 0 Å². The van der Waals surface area contributed by atoms with Crippen LogP contribution < -0.4 is 15.6 Å². The third kappa shape index (κ3) is 5.65. The molecule has 0 spiro atoms. The standard InChI is InChI=1S/C34H30O8/c35-26-18-23(13-11-20-7-3-1-4-8-20)40-28-16-15-22(17-25(26)28)42-34-32(39)31(38)30(37)29-27(36)19-24(41-33(29)34)14-12-21-9-5-2-6-10-21/h1-10,15-19,30-32,34,37-39H,11-14H2. The summed E-state index contributed by atoms with van der Waals surface area (Å²) in [5, 5.41) is 32.3. The molecule has 8 nitrogen and oxygen atoms in total. The fourth-order valence-electron chi connectivity index (χ4n) is 5.36. The van der Waals surface area contributed by atoms with Crippen LogP contribution in [0.15, 0.2) is 109 Å². The van der Waals surface area contributed by atoms with E-state index in [0.29, 0.717) is 36.4 Å². The van der Waals surface area contributed by atoms with Crippen molar-refractivity contribution in [3.63, 3.8) is 0 Å². The smallest absolute Gasteiger partial charge is 0.193 e. The Hall–Kier alpha value is -4.50. The van der Waals surface area contributed by atoms with Gasteiger partial charge in [0.25, 0.3) is 0 Å². The lowest BCUT2D eigenvalue weighted by atomic mass is 9.87. The Bertz CT molecular complexity index is 1810. The van der Waals surface area contributed by atoms with Gasteiger partial charge in [-0.25, -0.2) is 0 Å². The van der Waals surface area contributed by atoms with Crippen molar-refractivity contribution >= 4 is 11.0 Å². The number of benzene rings is 3. The summed E-state index contributed by atoms with van der Waals surface area (Å²) in [6.45, 7) is 0. The fraction of sp³-hybridized carbons (Fsp3) is 0.235. The Morgan fingerprint density at radius 1 is 0.643 bits per heavy atom. The van der Waals surface area contributed by atoms with Gasteiger partial charge < -0.3 is 28.9 Å².